The van der Waals surface area contributed by atoms with Crippen molar-refractivity contribution in [1.29, 1.82) is 0 Å². The summed E-state index contributed by atoms with van der Waals surface area (Å²) >= 11 is 2.59. The number of H-pyrrole nitrogens is 1. The molecule has 1 aromatic heterocycles. The summed E-state index contributed by atoms with van der Waals surface area (Å²) in [5, 5.41) is 1.22. The van der Waals surface area contributed by atoms with Gasteiger partial charge in [0.2, 0.25) is 0 Å². The van der Waals surface area contributed by atoms with Gasteiger partial charge in [0.25, 0.3) is 0 Å². The Morgan fingerprint density at radius 3 is 2.86 bits per heavy atom. The number of halogens is 2. The molecule has 0 saturated heterocycles. The number of hydrogen-bond donors (Lipinski definition) is 2. The van der Waals surface area contributed by atoms with Gasteiger partial charge in [0.05, 0.1) is 0 Å². The van der Waals surface area contributed by atoms with Gasteiger partial charge in [0, 0.05) is 0 Å². The van der Waals surface area contributed by atoms with Crippen molar-refractivity contribution in [2.24, 2.45) is 5.73 Å². The molecule has 1 aromatic carbocycles. The van der Waals surface area contributed by atoms with Crippen molar-refractivity contribution < 1.29 is 17.2 Å². The molecule has 0 unspecified atom stereocenters. The van der Waals surface area contributed by atoms with Gasteiger partial charge in [0.15, 0.2) is 0 Å². The molecular weight excluding hydrogens is 402 g/mol. The molecule has 0 aliphatic rings. The summed E-state index contributed by atoms with van der Waals surface area (Å²) in [6, 6.07) is 8.55. The number of aromatic nitrogens is 1. The maximum atomic E-state index is 5.63. The number of aromatic amines is 1. The van der Waals surface area contributed by atoms with Gasteiger partial charge in [-0.25, -0.2) is 0 Å². The van der Waals surface area contributed by atoms with Gasteiger partial charge in [-0.15, -0.1) is 0 Å². The van der Waals surface area contributed by atoms with Crippen LogP contribution in [0.25, 0.3) is 16.6 Å². The first-order valence-corrected chi connectivity index (χ1v) is 11.4. The molecule has 1 heterocycles. The van der Waals surface area contributed by atoms with Crippen LogP contribution in [-0.4, -0.2) is 4.98 Å². The third kappa shape index (κ3) is 1.90. The Kier molecular flexibility index (Phi) is 3.01. The standard InChI is InChI=1S/C10H9I2N2/c1-6(13)10-5-7-4-8(12-11)2-3-9(7)14-10/h2-5,14H,1,13H2/q-1. The number of fused-ring (bicyclic) bond motifs is 1. The molecule has 0 spiro atoms. The summed E-state index contributed by atoms with van der Waals surface area (Å²) in [4.78, 5) is 3.23. The predicted molar refractivity (Wildman–Crippen MR) is 64.2 cm³/mol. The van der Waals surface area contributed by atoms with Crippen molar-refractivity contribution in [2.45, 2.75) is 0 Å². The fraction of sp³-hybridized carbons (Fsp3) is 0. The number of rotatable bonds is 2. The molecule has 0 atom stereocenters. The molecule has 0 amide bonds. The first-order chi connectivity index (χ1) is 6.70. The van der Waals surface area contributed by atoms with Crippen LogP contribution in [0.2, 0.25) is 0 Å². The normalized spacial score (nSPS) is 10.9. The molecule has 0 saturated carbocycles. The van der Waals surface area contributed by atoms with Crippen LogP contribution in [0.5, 0.6) is 0 Å². The zero-order valence-electron chi connectivity index (χ0n) is 7.35. The van der Waals surface area contributed by atoms with Crippen molar-refractivity contribution in [3.8, 4) is 0 Å². The van der Waals surface area contributed by atoms with E-state index in [-0.39, 0.29) is 17.2 Å². The fourth-order valence-corrected chi connectivity index (χ4v) is 3.79. The average Bonchev–Trinajstić information content (AvgIpc) is 2.59. The third-order valence-electron chi connectivity index (χ3n) is 2.01. The Hall–Kier alpha value is -0.240. The Morgan fingerprint density at radius 1 is 1.43 bits per heavy atom. The molecule has 0 radical (unpaired) electrons. The molecule has 74 valence electrons. The van der Waals surface area contributed by atoms with Crippen LogP contribution in [0, 0.1) is 3.57 Å². The summed E-state index contributed by atoms with van der Waals surface area (Å²) in [6.45, 7) is 3.72. The van der Waals surface area contributed by atoms with Crippen LogP contribution in [0.4, 0.5) is 0 Å². The quantitative estimate of drug-likeness (QED) is 0.656. The Labute approximate surface area is 102 Å². The summed E-state index contributed by atoms with van der Waals surface area (Å²) in [5.41, 5.74) is 8.27. The Balaban J connectivity index is 2.60. The molecule has 0 aliphatic carbocycles. The van der Waals surface area contributed by atoms with Gasteiger partial charge in [-0.3, -0.25) is 0 Å². The van der Waals surface area contributed by atoms with E-state index in [2.05, 4.69) is 54.4 Å². The number of hydrogen-bond acceptors (Lipinski definition) is 1. The molecule has 14 heavy (non-hydrogen) atoms. The van der Waals surface area contributed by atoms with Crippen molar-refractivity contribution in [3.05, 3.63) is 40.1 Å². The monoisotopic (exact) mass is 411 g/mol. The second-order valence-corrected chi connectivity index (χ2v) is 7.40. The van der Waals surface area contributed by atoms with E-state index in [1.807, 2.05) is 0 Å². The molecule has 2 aromatic rings. The van der Waals surface area contributed by atoms with E-state index < -0.39 is 0 Å². The minimum absolute atomic E-state index is 0.130. The van der Waals surface area contributed by atoms with E-state index in [0.717, 1.165) is 11.2 Å². The predicted octanol–water partition coefficient (Wildman–Crippen LogP) is -0.294. The molecule has 0 aliphatic heterocycles. The molecule has 2 nitrogen and oxygen atoms in total. The van der Waals surface area contributed by atoms with Crippen LogP contribution in [0.15, 0.2) is 30.8 Å². The summed E-state index contributed by atoms with van der Waals surface area (Å²) in [6.07, 6.45) is 0. The minimum atomic E-state index is 0.130. The summed E-state index contributed by atoms with van der Waals surface area (Å²) in [5.74, 6) is 0. The second-order valence-electron chi connectivity index (χ2n) is 3.01. The molecule has 2 rings (SSSR count). The van der Waals surface area contributed by atoms with Gasteiger partial charge in [0.1, 0.15) is 0 Å². The summed E-state index contributed by atoms with van der Waals surface area (Å²) < 4.78 is 1.44. The van der Waals surface area contributed by atoms with Crippen molar-refractivity contribution in [1.82, 2.24) is 4.98 Å². The molecule has 0 fully saturated rings. The van der Waals surface area contributed by atoms with Gasteiger partial charge in [-0.05, 0) is 0 Å². The van der Waals surface area contributed by atoms with Gasteiger partial charge < -0.3 is 0 Å². The van der Waals surface area contributed by atoms with Crippen molar-refractivity contribution in [2.75, 3.05) is 0 Å². The Bertz CT molecular complexity index is 488. The van der Waals surface area contributed by atoms with E-state index in [1.165, 1.54) is 8.96 Å². The average molecular weight is 411 g/mol. The van der Waals surface area contributed by atoms with Crippen molar-refractivity contribution in [3.63, 3.8) is 0 Å². The van der Waals surface area contributed by atoms with Crippen LogP contribution in [-0.2, 0) is 0 Å². The fourth-order valence-electron chi connectivity index (χ4n) is 1.32. The number of nitrogens with two attached hydrogens (primary N) is 1. The van der Waals surface area contributed by atoms with Gasteiger partial charge in [-0.1, -0.05) is 0 Å². The SMILES string of the molecule is C=C(N)c1cc2cc([I-]I)ccc2[nH]1. The van der Waals surface area contributed by atoms with Crippen LogP contribution < -0.4 is 23.0 Å². The number of nitrogens with one attached hydrogen (secondary N) is 1. The molecule has 3 N–H and O–H groups in total. The van der Waals surface area contributed by atoms with Crippen molar-refractivity contribution >= 4 is 35.2 Å². The third-order valence-corrected chi connectivity index (χ3v) is 6.31. The Morgan fingerprint density at radius 2 is 2.21 bits per heavy atom. The van der Waals surface area contributed by atoms with E-state index in [0.29, 0.717) is 5.70 Å². The zero-order chi connectivity index (χ0) is 10.1. The van der Waals surface area contributed by atoms with E-state index >= 15 is 0 Å². The van der Waals surface area contributed by atoms with E-state index in [4.69, 9.17) is 5.73 Å². The summed E-state index contributed by atoms with van der Waals surface area (Å²) in [7, 11) is 0. The van der Waals surface area contributed by atoms with Gasteiger partial charge >= 0.3 is 103 Å². The molecule has 4 heteroatoms. The van der Waals surface area contributed by atoms with Crippen LogP contribution >= 0.6 is 18.6 Å². The second kappa shape index (κ2) is 4.09. The zero-order valence-corrected chi connectivity index (χ0v) is 11.7. The van der Waals surface area contributed by atoms with Crippen LogP contribution in [0.1, 0.15) is 5.69 Å². The van der Waals surface area contributed by atoms with E-state index in [1.54, 1.807) is 0 Å². The number of benzene rings is 1. The first kappa shape index (κ1) is 10.3. The van der Waals surface area contributed by atoms with Crippen LogP contribution in [0.3, 0.4) is 0 Å². The van der Waals surface area contributed by atoms with Gasteiger partial charge in [-0.2, -0.15) is 0 Å². The topological polar surface area (TPSA) is 41.8 Å². The van der Waals surface area contributed by atoms with E-state index in [9.17, 15) is 0 Å². The molecular formula is C10H9I2N2-. The first-order valence-electron chi connectivity index (χ1n) is 4.04. The molecule has 0 bridgehead atoms. The maximum absolute atomic E-state index is 5.63.